The van der Waals surface area contributed by atoms with Crippen LogP contribution in [0.25, 0.3) is 0 Å². The lowest BCUT2D eigenvalue weighted by Gasteiger charge is -2.36. The van der Waals surface area contributed by atoms with Gasteiger partial charge in [0.05, 0.1) is 29.8 Å². The average molecular weight is 355 g/mol. The second kappa shape index (κ2) is 6.84. The number of aromatic nitrogens is 2. The van der Waals surface area contributed by atoms with Crippen molar-refractivity contribution in [2.45, 2.75) is 57.9 Å². The molecule has 0 aromatic carbocycles. The normalized spacial score (nSPS) is 29.8. The van der Waals surface area contributed by atoms with E-state index in [9.17, 15) is 13.2 Å². The van der Waals surface area contributed by atoms with Crippen LogP contribution in [0.3, 0.4) is 0 Å². The van der Waals surface area contributed by atoms with Gasteiger partial charge < -0.3 is 9.64 Å². The summed E-state index contributed by atoms with van der Waals surface area (Å²) in [4.78, 5) is 14.6. The lowest BCUT2D eigenvalue weighted by Crippen LogP contribution is -2.49. The summed E-state index contributed by atoms with van der Waals surface area (Å²) in [5.74, 6) is -0.116. The molecule has 3 atom stereocenters. The Kier molecular flexibility index (Phi) is 4.96. The van der Waals surface area contributed by atoms with Crippen molar-refractivity contribution in [3.05, 3.63) is 18.0 Å². The Labute approximate surface area is 142 Å². The maximum Gasteiger partial charge on any atom is 0.252 e. The van der Waals surface area contributed by atoms with Crippen molar-refractivity contribution in [3.63, 3.8) is 0 Å². The first kappa shape index (κ1) is 17.4. The fourth-order valence-corrected chi connectivity index (χ4v) is 4.94. The molecule has 0 saturated carbocycles. The van der Waals surface area contributed by atoms with E-state index in [2.05, 4.69) is 5.10 Å². The fraction of sp³-hybridized carbons (Fsp3) is 0.750. The zero-order valence-corrected chi connectivity index (χ0v) is 15.0. The minimum absolute atomic E-state index is 0.0150. The van der Waals surface area contributed by atoms with Gasteiger partial charge in [-0.1, -0.05) is 6.92 Å². The molecule has 134 valence electrons. The number of hydrogen-bond acceptors (Lipinski definition) is 5. The minimum atomic E-state index is -3.15. The highest BCUT2D eigenvalue weighted by atomic mass is 32.2. The molecule has 2 saturated heterocycles. The number of hydrogen-bond donors (Lipinski definition) is 0. The molecule has 24 heavy (non-hydrogen) atoms. The van der Waals surface area contributed by atoms with Crippen molar-refractivity contribution in [1.82, 2.24) is 14.7 Å². The number of nitrogens with zero attached hydrogens (tertiary/aromatic N) is 3. The van der Waals surface area contributed by atoms with Crippen molar-refractivity contribution in [1.29, 1.82) is 0 Å². The highest BCUT2D eigenvalue weighted by Gasteiger charge is 2.40. The van der Waals surface area contributed by atoms with Crippen LogP contribution in [0.4, 0.5) is 0 Å². The lowest BCUT2D eigenvalue weighted by atomic mass is 10.1. The van der Waals surface area contributed by atoms with Gasteiger partial charge in [-0.05, 0) is 26.2 Å². The van der Waals surface area contributed by atoms with Crippen LogP contribution in [0.5, 0.6) is 0 Å². The largest absolute Gasteiger partial charge is 0.365 e. The number of carbonyl (C=O) groups excluding carboxylic acids is 1. The van der Waals surface area contributed by atoms with Crippen LogP contribution in [0, 0.1) is 0 Å². The van der Waals surface area contributed by atoms with Crippen LogP contribution in [-0.4, -0.2) is 59.3 Å². The third kappa shape index (κ3) is 3.49. The fourth-order valence-electron chi connectivity index (χ4n) is 3.44. The Bertz CT molecular complexity index is 700. The van der Waals surface area contributed by atoms with Crippen LogP contribution >= 0.6 is 0 Å². The summed E-state index contributed by atoms with van der Waals surface area (Å²) in [6.07, 6.45) is 5.67. The third-order valence-electron chi connectivity index (χ3n) is 4.91. The van der Waals surface area contributed by atoms with Crippen molar-refractivity contribution < 1.29 is 17.9 Å². The molecule has 8 heteroatoms. The Morgan fingerprint density at radius 2 is 2.17 bits per heavy atom. The number of carbonyl (C=O) groups is 1. The first-order valence-electron chi connectivity index (χ1n) is 8.62. The van der Waals surface area contributed by atoms with Crippen LogP contribution in [-0.2, 0) is 25.9 Å². The predicted octanol–water partition coefficient (Wildman–Crippen LogP) is 1.16. The molecule has 3 rings (SSSR count). The molecule has 0 N–H and O–H groups in total. The van der Waals surface area contributed by atoms with E-state index in [1.807, 2.05) is 20.0 Å². The minimum Gasteiger partial charge on any atom is -0.365 e. The molecule has 0 spiro atoms. The molecule has 1 amide bonds. The zero-order chi connectivity index (χ0) is 17.3. The Morgan fingerprint density at radius 3 is 2.79 bits per heavy atom. The molecule has 1 aromatic rings. The lowest BCUT2D eigenvalue weighted by molar-refractivity contribution is -0.145. The molecular weight excluding hydrogens is 330 g/mol. The van der Waals surface area contributed by atoms with E-state index in [1.54, 1.807) is 15.8 Å². The van der Waals surface area contributed by atoms with Crippen LogP contribution < -0.4 is 0 Å². The van der Waals surface area contributed by atoms with Crippen LogP contribution in [0.1, 0.15) is 44.7 Å². The van der Waals surface area contributed by atoms with Gasteiger partial charge in [-0.15, -0.1) is 0 Å². The first-order chi connectivity index (χ1) is 11.4. The maximum absolute atomic E-state index is 12.9. The van der Waals surface area contributed by atoms with E-state index in [0.29, 0.717) is 13.0 Å². The molecule has 2 aliphatic rings. The third-order valence-corrected chi connectivity index (χ3v) is 6.54. The highest BCUT2D eigenvalue weighted by Crippen LogP contribution is 2.30. The van der Waals surface area contributed by atoms with Crippen molar-refractivity contribution in [2.75, 3.05) is 18.1 Å². The monoisotopic (exact) mass is 355 g/mol. The quantitative estimate of drug-likeness (QED) is 0.809. The Morgan fingerprint density at radius 1 is 1.38 bits per heavy atom. The second-order valence-electron chi connectivity index (χ2n) is 6.52. The van der Waals surface area contributed by atoms with Gasteiger partial charge in [0.1, 0.15) is 6.10 Å². The molecule has 0 bridgehead atoms. The summed E-state index contributed by atoms with van der Waals surface area (Å²) in [6, 6.07) is -0.471. The van der Waals surface area contributed by atoms with E-state index in [4.69, 9.17) is 4.74 Å². The van der Waals surface area contributed by atoms with E-state index >= 15 is 0 Å². The Balaban J connectivity index is 1.82. The van der Waals surface area contributed by atoms with E-state index in [0.717, 1.165) is 18.4 Å². The first-order valence-corrected chi connectivity index (χ1v) is 10.4. The van der Waals surface area contributed by atoms with Gasteiger partial charge in [0, 0.05) is 24.8 Å². The van der Waals surface area contributed by atoms with E-state index in [1.165, 1.54) is 0 Å². The van der Waals surface area contributed by atoms with Gasteiger partial charge in [0.15, 0.2) is 9.84 Å². The highest BCUT2D eigenvalue weighted by molar-refractivity contribution is 7.91. The molecule has 2 aliphatic heterocycles. The summed E-state index contributed by atoms with van der Waals surface area (Å²) >= 11 is 0. The van der Waals surface area contributed by atoms with Gasteiger partial charge in [0.25, 0.3) is 5.91 Å². The van der Waals surface area contributed by atoms with Crippen molar-refractivity contribution >= 4 is 15.7 Å². The topological polar surface area (TPSA) is 81.5 Å². The number of sulfone groups is 1. The van der Waals surface area contributed by atoms with Gasteiger partial charge in [0.2, 0.25) is 0 Å². The molecule has 0 unspecified atom stereocenters. The summed E-state index contributed by atoms with van der Waals surface area (Å²) in [7, 11) is -3.15. The van der Waals surface area contributed by atoms with Crippen LogP contribution in [0.2, 0.25) is 0 Å². The summed E-state index contributed by atoms with van der Waals surface area (Å²) < 4.78 is 31.8. The summed E-state index contributed by atoms with van der Waals surface area (Å²) in [6.45, 7) is 4.94. The van der Waals surface area contributed by atoms with Gasteiger partial charge in [-0.25, -0.2) is 8.42 Å². The maximum atomic E-state index is 12.9. The number of amides is 1. The van der Waals surface area contributed by atoms with Crippen molar-refractivity contribution in [2.24, 2.45) is 0 Å². The second-order valence-corrected chi connectivity index (χ2v) is 8.75. The number of ether oxygens (including phenoxy) is 1. The van der Waals surface area contributed by atoms with Gasteiger partial charge in [-0.2, -0.15) is 5.10 Å². The van der Waals surface area contributed by atoms with Crippen LogP contribution in [0.15, 0.2) is 12.4 Å². The summed E-state index contributed by atoms with van der Waals surface area (Å²) in [5, 5.41) is 4.23. The molecule has 7 nitrogen and oxygen atoms in total. The predicted molar refractivity (Wildman–Crippen MR) is 89.2 cm³/mol. The van der Waals surface area contributed by atoms with Gasteiger partial charge >= 0.3 is 0 Å². The van der Waals surface area contributed by atoms with Crippen molar-refractivity contribution in [3.8, 4) is 0 Å². The molecule has 0 aliphatic carbocycles. The Hall–Kier alpha value is -1.41. The molecule has 0 radical (unpaired) electrons. The zero-order valence-electron chi connectivity index (χ0n) is 14.2. The smallest absolute Gasteiger partial charge is 0.252 e. The molecule has 2 fully saturated rings. The standard InChI is InChI=1S/C16H25N3O4S/c1-3-13-5-6-15(23-13)16(20)19-7-8-24(21,22)11-14(19)12-9-17-18(4-2)10-12/h9-10,13-15H,3-8,11H2,1-2H3/t13-,14-,15+/m1/s1. The average Bonchev–Trinajstić information content (AvgIpc) is 3.22. The molecule has 1 aromatic heterocycles. The SMILES string of the molecule is CC[C@@H]1CC[C@@H](C(=O)N2CCS(=O)(=O)C[C@@H]2c2cnn(CC)c2)O1. The van der Waals surface area contributed by atoms with E-state index < -0.39 is 22.0 Å². The van der Waals surface area contributed by atoms with Gasteiger partial charge in [-0.3, -0.25) is 9.48 Å². The number of rotatable bonds is 4. The molecular formula is C16H25N3O4S. The van der Waals surface area contributed by atoms with E-state index in [-0.39, 0.29) is 30.1 Å². The summed E-state index contributed by atoms with van der Waals surface area (Å²) in [5.41, 5.74) is 0.776. The number of aryl methyl sites for hydroxylation is 1. The molecule has 3 heterocycles.